The molecule has 0 amide bonds. The molecule has 3 rings (SSSR count). The summed E-state index contributed by atoms with van der Waals surface area (Å²) in [5, 5.41) is 63.1. The zero-order valence-corrected chi connectivity index (χ0v) is 23.8. The van der Waals surface area contributed by atoms with Crippen LogP contribution in [0.4, 0.5) is 0 Å². The number of aliphatic hydroxyl groups excluding tert-OH is 6. The van der Waals surface area contributed by atoms with Gasteiger partial charge in [0.2, 0.25) is 0 Å². The van der Waals surface area contributed by atoms with Crippen LogP contribution in [0, 0.1) is 0 Å². The molecule has 1 saturated carbocycles. The second kappa shape index (κ2) is 16.5. The van der Waals surface area contributed by atoms with Gasteiger partial charge in [-0.1, -0.05) is 39.0 Å². The second-order valence-corrected chi connectivity index (χ2v) is 11.4. The molecule has 2 heterocycles. The van der Waals surface area contributed by atoms with Gasteiger partial charge in [-0.25, -0.2) is 0 Å². The van der Waals surface area contributed by atoms with E-state index in [9.17, 15) is 30.6 Å². The Morgan fingerprint density at radius 3 is 1.88 bits per heavy atom. The van der Waals surface area contributed by atoms with Crippen LogP contribution >= 0.6 is 0 Å². The van der Waals surface area contributed by atoms with Gasteiger partial charge >= 0.3 is 0 Å². The fraction of sp³-hybridized carbons (Fsp3) is 1.00. The molecular weight excluding hydrogens is 544 g/mol. The van der Waals surface area contributed by atoms with Gasteiger partial charge in [-0.2, -0.15) is 0 Å². The lowest BCUT2D eigenvalue weighted by molar-refractivity contribution is -0.335. The number of unbranched alkanes of at least 4 members (excludes halogenated alkanes) is 5. The largest absolute Gasteiger partial charge is 0.394 e. The van der Waals surface area contributed by atoms with Gasteiger partial charge in [0.1, 0.15) is 61.0 Å². The smallest absolute Gasteiger partial charge is 0.187 e. The summed E-state index contributed by atoms with van der Waals surface area (Å²) in [6.45, 7) is 1.86. The molecule has 0 aromatic rings. The minimum Gasteiger partial charge on any atom is -0.394 e. The maximum atomic E-state index is 11.2. The molecule has 0 spiro atoms. The number of nitrogens with two attached hydrogens (primary N) is 4. The highest BCUT2D eigenvalue weighted by Gasteiger charge is 2.52. The molecule has 15 nitrogen and oxygen atoms in total. The molecule has 2 saturated heterocycles. The molecular formula is C26H52N4O11. The van der Waals surface area contributed by atoms with E-state index in [0.29, 0.717) is 6.61 Å². The van der Waals surface area contributed by atoms with E-state index in [4.69, 9.17) is 46.6 Å². The first-order valence-electron chi connectivity index (χ1n) is 14.8. The Balaban J connectivity index is 1.61. The van der Waals surface area contributed by atoms with Crippen LogP contribution in [-0.4, -0.2) is 142 Å². The molecule has 14 N–H and O–H groups in total. The van der Waals surface area contributed by atoms with Crippen molar-refractivity contribution < 1.29 is 54.3 Å². The molecule has 41 heavy (non-hydrogen) atoms. The van der Waals surface area contributed by atoms with E-state index < -0.39 is 98.4 Å². The van der Waals surface area contributed by atoms with Crippen LogP contribution in [0.1, 0.15) is 51.9 Å². The van der Waals surface area contributed by atoms with Gasteiger partial charge in [-0.3, -0.25) is 0 Å². The van der Waals surface area contributed by atoms with Crippen molar-refractivity contribution in [3.05, 3.63) is 0 Å². The molecule has 15 atom stereocenters. The zero-order chi connectivity index (χ0) is 30.3. The summed E-state index contributed by atoms with van der Waals surface area (Å²) in [5.74, 6) is 0. The van der Waals surface area contributed by atoms with Gasteiger partial charge in [0.25, 0.3) is 0 Å². The molecule has 2 aliphatic heterocycles. The molecule has 1 aliphatic carbocycles. The van der Waals surface area contributed by atoms with Gasteiger partial charge in [0.15, 0.2) is 12.6 Å². The molecule has 0 bridgehead atoms. The van der Waals surface area contributed by atoms with Crippen molar-refractivity contribution in [2.75, 3.05) is 19.8 Å². The zero-order valence-electron chi connectivity index (χ0n) is 23.8. The Labute approximate surface area is 241 Å². The van der Waals surface area contributed by atoms with E-state index in [2.05, 4.69) is 6.92 Å². The van der Waals surface area contributed by atoms with Crippen molar-refractivity contribution in [3.8, 4) is 0 Å². The van der Waals surface area contributed by atoms with Gasteiger partial charge in [0, 0.05) is 25.2 Å². The molecule has 0 unspecified atom stereocenters. The van der Waals surface area contributed by atoms with Gasteiger partial charge in [-0.15, -0.1) is 0 Å². The van der Waals surface area contributed by atoms with E-state index in [-0.39, 0.29) is 13.0 Å². The summed E-state index contributed by atoms with van der Waals surface area (Å²) < 4.78 is 28.9. The summed E-state index contributed by atoms with van der Waals surface area (Å²) in [4.78, 5) is 0. The summed E-state index contributed by atoms with van der Waals surface area (Å²) in [7, 11) is 0. The SMILES string of the molecule is CCCCCCCCO[C@@H]1[C@@H](O)[C@H](O)[C@H](O[C@H]2[C@H](O)[C@@H](O[C@@H]3O[C@@H](CN)[C@H](O)[C@@H](O)[C@@H]3N)[C@H](N)C[C@@H]2N)O[C@H]1CO. The third kappa shape index (κ3) is 8.53. The quantitative estimate of drug-likeness (QED) is 0.0858. The lowest BCUT2D eigenvalue weighted by Gasteiger charge is -2.48. The second-order valence-electron chi connectivity index (χ2n) is 11.4. The Morgan fingerprint density at radius 2 is 1.27 bits per heavy atom. The Morgan fingerprint density at radius 1 is 0.683 bits per heavy atom. The summed E-state index contributed by atoms with van der Waals surface area (Å²) in [6.07, 6.45) is -8.74. The van der Waals surface area contributed by atoms with Crippen molar-refractivity contribution >= 4 is 0 Å². The van der Waals surface area contributed by atoms with Crippen LogP contribution in [0.25, 0.3) is 0 Å². The standard InChI is InChI=1S/C26H52N4O11/c1-2-3-4-5-6-7-8-37-24-15(11-31)39-26(20(35)19(24)34)41-23-13(29)9-12(28)22(21(23)36)40-25-16(30)18(33)17(32)14(10-27)38-25/h12-26,31-36H,2-11,27-30H2,1H3/t12-,13+,14+,15+,16+,17+,18+,19+,20+,21-,22+,23-,24+,25+,26+/m1/s1. The Kier molecular flexibility index (Phi) is 14.0. The highest BCUT2D eigenvalue weighted by molar-refractivity contribution is 5.01. The van der Waals surface area contributed by atoms with E-state index >= 15 is 0 Å². The minimum atomic E-state index is -1.57. The van der Waals surface area contributed by atoms with Crippen LogP contribution in [0.3, 0.4) is 0 Å². The number of ether oxygens (including phenoxy) is 5. The lowest BCUT2D eigenvalue weighted by Crippen LogP contribution is -2.69. The maximum Gasteiger partial charge on any atom is 0.187 e. The van der Waals surface area contributed by atoms with E-state index in [1.54, 1.807) is 0 Å². The van der Waals surface area contributed by atoms with Crippen molar-refractivity contribution in [3.63, 3.8) is 0 Å². The van der Waals surface area contributed by atoms with Gasteiger partial charge in [-0.05, 0) is 12.8 Å². The first-order chi connectivity index (χ1) is 19.5. The van der Waals surface area contributed by atoms with Crippen molar-refractivity contribution in [1.82, 2.24) is 0 Å². The van der Waals surface area contributed by atoms with Gasteiger partial charge < -0.3 is 77.3 Å². The highest BCUT2D eigenvalue weighted by atomic mass is 16.7. The Bertz CT molecular complexity index is 756. The monoisotopic (exact) mass is 596 g/mol. The third-order valence-corrected chi connectivity index (χ3v) is 8.25. The Hall–Kier alpha value is -0.600. The van der Waals surface area contributed by atoms with Gasteiger partial charge in [0.05, 0.1) is 12.6 Å². The number of hydrogen-bond acceptors (Lipinski definition) is 15. The molecule has 15 heteroatoms. The average molecular weight is 597 g/mol. The molecule has 242 valence electrons. The number of aliphatic hydroxyl groups is 6. The van der Waals surface area contributed by atoms with E-state index in [1.807, 2.05) is 0 Å². The van der Waals surface area contributed by atoms with E-state index in [0.717, 1.165) is 32.1 Å². The molecule has 0 aromatic carbocycles. The maximum absolute atomic E-state index is 11.2. The fourth-order valence-corrected chi connectivity index (χ4v) is 5.69. The van der Waals surface area contributed by atoms with Crippen molar-refractivity contribution in [2.24, 2.45) is 22.9 Å². The number of hydrogen-bond donors (Lipinski definition) is 10. The predicted octanol–water partition coefficient (Wildman–Crippen LogP) is -3.91. The summed E-state index contributed by atoms with van der Waals surface area (Å²) in [6, 6.07) is -2.77. The van der Waals surface area contributed by atoms with Crippen LogP contribution < -0.4 is 22.9 Å². The van der Waals surface area contributed by atoms with Crippen LogP contribution in [0.2, 0.25) is 0 Å². The molecule has 3 aliphatic rings. The highest BCUT2D eigenvalue weighted by Crippen LogP contribution is 2.32. The van der Waals surface area contributed by atoms with Crippen LogP contribution in [0.5, 0.6) is 0 Å². The molecule has 0 aromatic heterocycles. The van der Waals surface area contributed by atoms with Crippen molar-refractivity contribution in [2.45, 2.75) is 144 Å². The minimum absolute atomic E-state index is 0.115. The summed E-state index contributed by atoms with van der Waals surface area (Å²) in [5.41, 5.74) is 24.1. The topological polar surface area (TPSA) is 272 Å². The normalized spacial score (nSPS) is 45.6. The number of rotatable bonds is 14. The fourth-order valence-electron chi connectivity index (χ4n) is 5.69. The third-order valence-electron chi connectivity index (χ3n) is 8.25. The summed E-state index contributed by atoms with van der Waals surface area (Å²) >= 11 is 0. The van der Waals surface area contributed by atoms with Crippen molar-refractivity contribution in [1.29, 1.82) is 0 Å². The van der Waals surface area contributed by atoms with E-state index in [1.165, 1.54) is 6.42 Å². The van der Waals surface area contributed by atoms with Crippen LogP contribution in [0.15, 0.2) is 0 Å². The first-order valence-corrected chi connectivity index (χ1v) is 14.8. The molecule has 3 fully saturated rings. The first kappa shape index (κ1) is 34.9. The predicted molar refractivity (Wildman–Crippen MR) is 145 cm³/mol. The molecule has 0 radical (unpaired) electrons. The lowest BCUT2D eigenvalue weighted by atomic mass is 9.84. The average Bonchev–Trinajstić information content (AvgIpc) is 2.95. The van der Waals surface area contributed by atoms with Crippen LogP contribution in [-0.2, 0) is 23.7 Å².